The van der Waals surface area contributed by atoms with Gasteiger partial charge in [-0.05, 0) is 49.2 Å². The van der Waals surface area contributed by atoms with E-state index in [0.29, 0.717) is 55.1 Å². The van der Waals surface area contributed by atoms with Crippen LogP contribution in [0.15, 0.2) is 82.8 Å². The summed E-state index contributed by atoms with van der Waals surface area (Å²) >= 11 is 14.5. The average molecular weight is 758 g/mol. The Morgan fingerprint density at radius 2 is 0.870 bits per heavy atom. The summed E-state index contributed by atoms with van der Waals surface area (Å²) in [4.78, 5) is 10.2. The lowest BCUT2D eigenvalue weighted by atomic mass is 10.1. The van der Waals surface area contributed by atoms with E-state index in [4.69, 9.17) is 42.7 Å². The number of aromatic nitrogens is 2. The maximum absolute atomic E-state index is 7.24. The van der Waals surface area contributed by atoms with Crippen LogP contribution >= 0.6 is 23.2 Å². The second-order valence-corrected chi connectivity index (χ2v) is 15.7. The van der Waals surface area contributed by atoms with Gasteiger partial charge in [0.15, 0.2) is 23.0 Å². The molecule has 54 heavy (non-hydrogen) atoms. The van der Waals surface area contributed by atoms with E-state index in [-0.39, 0.29) is 0 Å². The minimum Gasteiger partial charge on any atom is -0.450 e. The third-order valence-corrected chi connectivity index (χ3v) is 12.0. The van der Waals surface area contributed by atoms with Gasteiger partial charge in [0.1, 0.15) is 32.1 Å². The highest BCUT2D eigenvalue weighted by Gasteiger charge is 2.30. The predicted octanol–water partition coefficient (Wildman–Crippen LogP) is 14.0. The molecule has 7 aromatic rings. The summed E-state index contributed by atoms with van der Waals surface area (Å²) in [5, 5.41) is 5.93. The van der Waals surface area contributed by atoms with E-state index in [2.05, 4.69) is 83.6 Å². The Labute approximate surface area is 326 Å². The first kappa shape index (κ1) is 35.2. The Morgan fingerprint density at radius 1 is 0.463 bits per heavy atom. The number of ether oxygens (including phenoxy) is 2. The van der Waals surface area contributed by atoms with Crippen LogP contribution in [-0.2, 0) is 13.1 Å². The smallest absolute Gasteiger partial charge is 0.175 e. The van der Waals surface area contributed by atoms with Gasteiger partial charge in [-0.2, -0.15) is 0 Å². The molecule has 2 aromatic heterocycles. The van der Waals surface area contributed by atoms with Crippen LogP contribution in [0.5, 0.6) is 23.0 Å². The second-order valence-electron chi connectivity index (χ2n) is 14.9. The van der Waals surface area contributed by atoms with E-state index in [0.717, 1.165) is 58.5 Å². The first-order chi connectivity index (χ1) is 26.6. The highest BCUT2D eigenvalue weighted by Crippen LogP contribution is 2.50. The first-order valence-electron chi connectivity index (χ1n) is 20.0. The number of para-hydroxylation sites is 2. The van der Waals surface area contributed by atoms with E-state index < -0.39 is 0 Å². The van der Waals surface area contributed by atoms with Crippen molar-refractivity contribution >= 4 is 78.2 Å². The van der Waals surface area contributed by atoms with Crippen molar-refractivity contribution < 1.29 is 9.47 Å². The molecular formula is C46H46Cl2N4O2. The van der Waals surface area contributed by atoms with Crippen molar-refractivity contribution in [2.75, 3.05) is 0 Å². The zero-order chi connectivity index (χ0) is 36.8. The zero-order valence-corrected chi connectivity index (χ0v) is 32.7. The van der Waals surface area contributed by atoms with Crippen LogP contribution in [0.1, 0.15) is 90.9 Å². The van der Waals surface area contributed by atoms with Crippen molar-refractivity contribution in [3.63, 3.8) is 0 Å². The monoisotopic (exact) mass is 756 g/mol. The molecule has 0 bridgehead atoms. The molecule has 9 rings (SSSR count). The SMILES string of the molecule is CCCCCCCCn1c2ccccc2c2c3c(ccc21)N=c1c(Cl)c2c(c(Cl)c1O3)=Nc1ccc3c(c1O2)c1ccccc1n3CCCCCCCC. The second kappa shape index (κ2) is 15.0. The molecule has 4 heterocycles. The largest absolute Gasteiger partial charge is 0.450 e. The highest BCUT2D eigenvalue weighted by molar-refractivity contribution is 6.35. The number of unbranched alkanes of at least 4 members (excludes halogenated alkanes) is 10. The summed E-state index contributed by atoms with van der Waals surface area (Å²) in [7, 11) is 0. The molecule has 0 radical (unpaired) electrons. The number of rotatable bonds is 14. The predicted molar refractivity (Wildman–Crippen MR) is 224 cm³/mol. The van der Waals surface area contributed by atoms with Crippen LogP contribution in [0.25, 0.3) is 43.6 Å². The van der Waals surface area contributed by atoms with Crippen molar-refractivity contribution in [3.05, 3.63) is 93.6 Å². The van der Waals surface area contributed by atoms with Crippen molar-refractivity contribution in [2.24, 2.45) is 9.98 Å². The lowest BCUT2D eigenvalue weighted by molar-refractivity contribution is 0.457. The van der Waals surface area contributed by atoms with E-state index in [1.165, 1.54) is 75.2 Å². The quantitative estimate of drug-likeness (QED) is 0.104. The third kappa shape index (κ3) is 5.93. The van der Waals surface area contributed by atoms with Crippen molar-refractivity contribution in [3.8, 4) is 23.0 Å². The van der Waals surface area contributed by atoms with Crippen molar-refractivity contribution in [1.82, 2.24) is 9.13 Å². The molecular weight excluding hydrogens is 711 g/mol. The molecule has 0 atom stereocenters. The van der Waals surface area contributed by atoms with Gasteiger partial charge in [-0.3, -0.25) is 0 Å². The van der Waals surface area contributed by atoms with Crippen LogP contribution in [-0.4, -0.2) is 9.13 Å². The molecule has 5 aromatic carbocycles. The lowest BCUT2D eigenvalue weighted by Gasteiger charge is -2.22. The summed E-state index contributed by atoms with van der Waals surface area (Å²) in [6.45, 7) is 6.42. The van der Waals surface area contributed by atoms with Gasteiger partial charge in [0, 0.05) is 34.9 Å². The van der Waals surface area contributed by atoms with Gasteiger partial charge in [0.2, 0.25) is 0 Å². The zero-order valence-electron chi connectivity index (χ0n) is 31.2. The number of aryl methyl sites for hydroxylation is 2. The summed E-state index contributed by atoms with van der Waals surface area (Å²) < 4.78 is 18.5. The minimum atomic E-state index is 0.336. The van der Waals surface area contributed by atoms with Crippen molar-refractivity contribution in [2.45, 2.75) is 104 Å². The number of benzene rings is 5. The van der Waals surface area contributed by atoms with Gasteiger partial charge in [0.05, 0.1) is 21.8 Å². The molecule has 0 unspecified atom stereocenters. The van der Waals surface area contributed by atoms with Crippen LogP contribution in [0.2, 0.25) is 10.0 Å². The number of halogens is 2. The van der Waals surface area contributed by atoms with Gasteiger partial charge in [-0.1, -0.05) is 138 Å². The first-order valence-corrected chi connectivity index (χ1v) is 20.8. The molecule has 6 nitrogen and oxygen atoms in total. The van der Waals surface area contributed by atoms with Crippen LogP contribution in [0.3, 0.4) is 0 Å². The third-order valence-electron chi connectivity index (χ3n) is 11.3. The summed E-state index contributed by atoms with van der Waals surface area (Å²) in [5.74, 6) is 2.18. The Kier molecular flexibility index (Phi) is 9.75. The summed E-state index contributed by atoms with van der Waals surface area (Å²) in [5.41, 5.74) is 6.07. The van der Waals surface area contributed by atoms with Gasteiger partial charge in [-0.15, -0.1) is 0 Å². The standard InChI is InChI=1S/C46H46Cl2N4O2/c1-3-5-7-9-11-17-27-51-33-21-15-13-19-29(33)37-35(51)25-23-31-43(37)53-45-39(47)42-46(40(48)41(45)49-31)54-44-32(50-42)24-26-36-38(44)30-20-14-16-22-34(30)52(36)28-18-12-10-8-6-4-2/h13-16,19-26H,3-12,17-18,27-28H2,1-2H3. The molecule has 2 aliphatic heterocycles. The minimum absolute atomic E-state index is 0.336. The fourth-order valence-corrected chi connectivity index (χ4v) is 9.12. The maximum Gasteiger partial charge on any atom is 0.175 e. The van der Waals surface area contributed by atoms with Crippen LogP contribution < -0.4 is 20.2 Å². The number of hydrogen-bond acceptors (Lipinski definition) is 4. The fraction of sp³-hybridized carbons (Fsp3) is 0.348. The molecule has 2 aliphatic rings. The molecule has 276 valence electrons. The highest BCUT2D eigenvalue weighted by atomic mass is 35.5. The normalized spacial score (nSPS) is 13.0. The Morgan fingerprint density at radius 3 is 1.31 bits per heavy atom. The average Bonchev–Trinajstić information content (AvgIpc) is 3.71. The molecule has 0 fully saturated rings. The van der Waals surface area contributed by atoms with Gasteiger partial charge in [-0.25, -0.2) is 9.98 Å². The Bertz CT molecular complexity index is 2510. The maximum atomic E-state index is 7.24. The number of hydrogen-bond donors (Lipinski definition) is 0. The molecule has 0 saturated heterocycles. The lowest BCUT2D eigenvalue weighted by Crippen LogP contribution is -2.22. The topological polar surface area (TPSA) is 53.0 Å². The Hall–Kier alpha value is -4.52. The molecule has 0 N–H and O–H groups in total. The van der Waals surface area contributed by atoms with Gasteiger partial charge in [0.25, 0.3) is 0 Å². The van der Waals surface area contributed by atoms with E-state index in [1.807, 2.05) is 12.1 Å². The summed E-state index contributed by atoms with van der Waals surface area (Å²) in [6.07, 6.45) is 15.0. The molecule has 0 spiro atoms. The van der Waals surface area contributed by atoms with Crippen LogP contribution in [0.4, 0.5) is 11.4 Å². The molecule has 0 saturated carbocycles. The van der Waals surface area contributed by atoms with Gasteiger partial charge >= 0.3 is 0 Å². The number of fused-ring (bicyclic) bond motifs is 12. The van der Waals surface area contributed by atoms with E-state index in [9.17, 15) is 0 Å². The molecule has 8 heteroatoms. The Balaban J connectivity index is 1.11. The number of nitrogens with zero attached hydrogens (tertiary/aromatic N) is 4. The van der Waals surface area contributed by atoms with Gasteiger partial charge < -0.3 is 18.6 Å². The molecule has 0 amide bonds. The van der Waals surface area contributed by atoms with Crippen molar-refractivity contribution in [1.29, 1.82) is 0 Å². The summed E-state index contributed by atoms with van der Waals surface area (Å²) in [6, 6.07) is 25.5. The fourth-order valence-electron chi connectivity index (χ4n) is 8.61. The van der Waals surface area contributed by atoms with E-state index >= 15 is 0 Å². The molecule has 0 aliphatic carbocycles. The van der Waals surface area contributed by atoms with E-state index in [1.54, 1.807) is 0 Å². The van der Waals surface area contributed by atoms with Crippen LogP contribution in [0, 0.1) is 0 Å².